The number of hydrogen-bond acceptors (Lipinski definition) is 2. The summed E-state index contributed by atoms with van der Waals surface area (Å²) in [4.78, 5) is 4.67. The van der Waals surface area contributed by atoms with Gasteiger partial charge in [-0.15, -0.1) is 24.0 Å². The smallest absolute Gasteiger partial charge is 0.191 e. The number of rotatable bonds is 7. The number of aliphatic imine (C=N–C) groups is 1. The summed E-state index contributed by atoms with van der Waals surface area (Å²) < 4.78 is 5.71. The maximum absolute atomic E-state index is 5.71. The van der Waals surface area contributed by atoms with Crippen molar-refractivity contribution >= 4 is 29.9 Å². The molecular formula is C17H28IN3O. The lowest BCUT2D eigenvalue weighted by atomic mass is 10.1. The minimum atomic E-state index is 0. The van der Waals surface area contributed by atoms with Gasteiger partial charge < -0.3 is 15.4 Å². The molecule has 4 nitrogen and oxygen atoms in total. The van der Waals surface area contributed by atoms with Gasteiger partial charge >= 0.3 is 0 Å². The third kappa shape index (κ3) is 6.42. The first kappa shape index (κ1) is 19.1. The van der Waals surface area contributed by atoms with E-state index in [-0.39, 0.29) is 24.0 Å². The lowest BCUT2D eigenvalue weighted by molar-refractivity contribution is 0.336. The molecule has 1 aromatic rings. The number of guanidine groups is 1. The fraction of sp³-hybridized carbons (Fsp3) is 0.588. The minimum Gasteiger partial charge on any atom is -0.494 e. The summed E-state index contributed by atoms with van der Waals surface area (Å²) in [7, 11) is 0. The van der Waals surface area contributed by atoms with E-state index in [1.54, 1.807) is 0 Å². The second kappa shape index (κ2) is 9.92. The van der Waals surface area contributed by atoms with Gasteiger partial charge in [0.15, 0.2) is 5.96 Å². The van der Waals surface area contributed by atoms with Crippen molar-refractivity contribution in [2.45, 2.75) is 40.2 Å². The van der Waals surface area contributed by atoms with E-state index in [1.165, 1.54) is 18.4 Å². The SMILES string of the molecule is CCNC(=NCc1ccc(C)cc1OCC)NCC1CC1.I. The number of aryl methyl sites for hydroxylation is 1. The topological polar surface area (TPSA) is 45.7 Å². The van der Waals surface area contributed by atoms with Gasteiger partial charge in [-0.05, 0) is 51.2 Å². The number of nitrogens with zero attached hydrogens (tertiary/aromatic N) is 1. The molecule has 1 saturated carbocycles. The van der Waals surface area contributed by atoms with Crippen molar-refractivity contribution < 1.29 is 4.74 Å². The van der Waals surface area contributed by atoms with Gasteiger partial charge in [0, 0.05) is 18.7 Å². The van der Waals surface area contributed by atoms with Crippen molar-refractivity contribution in [2.24, 2.45) is 10.9 Å². The lowest BCUT2D eigenvalue weighted by Crippen LogP contribution is -2.38. The van der Waals surface area contributed by atoms with Crippen molar-refractivity contribution in [1.82, 2.24) is 10.6 Å². The van der Waals surface area contributed by atoms with E-state index < -0.39 is 0 Å². The average Bonchev–Trinajstić information content (AvgIpc) is 3.28. The monoisotopic (exact) mass is 417 g/mol. The summed E-state index contributed by atoms with van der Waals surface area (Å²) >= 11 is 0. The Bertz CT molecular complexity index is 487. The van der Waals surface area contributed by atoms with Crippen LogP contribution in [-0.2, 0) is 6.54 Å². The number of hydrogen-bond donors (Lipinski definition) is 2. The Morgan fingerprint density at radius 2 is 2.05 bits per heavy atom. The molecule has 0 spiro atoms. The summed E-state index contributed by atoms with van der Waals surface area (Å²) in [6.45, 7) is 9.40. The predicted molar refractivity (Wildman–Crippen MR) is 103 cm³/mol. The van der Waals surface area contributed by atoms with E-state index in [2.05, 4.69) is 47.7 Å². The first-order chi connectivity index (χ1) is 10.2. The average molecular weight is 417 g/mol. The minimum absolute atomic E-state index is 0. The first-order valence-electron chi connectivity index (χ1n) is 7.97. The van der Waals surface area contributed by atoms with Crippen molar-refractivity contribution in [3.8, 4) is 5.75 Å². The Balaban J connectivity index is 0.00000242. The summed E-state index contributed by atoms with van der Waals surface area (Å²) in [6, 6.07) is 6.30. The van der Waals surface area contributed by atoms with Crippen LogP contribution in [-0.4, -0.2) is 25.7 Å². The molecule has 5 heteroatoms. The van der Waals surface area contributed by atoms with E-state index in [1.807, 2.05) is 6.92 Å². The number of ether oxygens (including phenoxy) is 1. The zero-order chi connectivity index (χ0) is 15.1. The highest BCUT2D eigenvalue weighted by Crippen LogP contribution is 2.27. The molecule has 0 aliphatic heterocycles. The second-order valence-electron chi connectivity index (χ2n) is 5.56. The fourth-order valence-corrected chi connectivity index (χ4v) is 2.15. The van der Waals surface area contributed by atoms with Crippen LogP contribution in [0.1, 0.15) is 37.8 Å². The molecule has 2 N–H and O–H groups in total. The van der Waals surface area contributed by atoms with Crippen molar-refractivity contribution in [2.75, 3.05) is 19.7 Å². The molecule has 1 aromatic carbocycles. The van der Waals surface area contributed by atoms with Crippen LogP contribution in [0.2, 0.25) is 0 Å². The molecular weight excluding hydrogens is 389 g/mol. The summed E-state index contributed by atoms with van der Waals surface area (Å²) in [5, 5.41) is 6.71. The molecule has 0 amide bonds. The summed E-state index contributed by atoms with van der Waals surface area (Å²) in [5.74, 6) is 2.68. The molecule has 0 atom stereocenters. The molecule has 0 radical (unpaired) electrons. The van der Waals surface area contributed by atoms with Crippen molar-refractivity contribution in [1.29, 1.82) is 0 Å². The van der Waals surface area contributed by atoms with Crippen LogP contribution in [0, 0.1) is 12.8 Å². The quantitative estimate of drug-likeness (QED) is 0.406. The van der Waals surface area contributed by atoms with Gasteiger partial charge in [-0.25, -0.2) is 4.99 Å². The van der Waals surface area contributed by atoms with E-state index in [0.717, 1.165) is 36.3 Å². The van der Waals surface area contributed by atoms with Gasteiger partial charge in [-0.1, -0.05) is 12.1 Å². The molecule has 0 saturated heterocycles. The molecule has 1 aliphatic rings. The highest BCUT2D eigenvalue weighted by atomic mass is 127. The summed E-state index contributed by atoms with van der Waals surface area (Å²) in [5.41, 5.74) is 2.34. The standard InChI is InChI=1S/C17H27N3O.HI/c1-4-18-17(19-11-14-7-8-14)20-12-15-9-6-13(3)10-16(15)21-5-2;/h6,9-10,14H,4-5,7-8,11-12H2,1-3H3,(H2,18,19,20);1H. The molecule has 0 unspecified atom stereocenters. The number of nitrogens with one attached hydrogen (secondary N) is 2. The zero-order valence-electron chi connectivity index (χ0n) is 13.8. The van der Waals surface area contributed by atoms with Gasteiger partial charge in [0.05, 0.1) is 13.2 Å². The normalized spacial score (nSPS) is 14.2. The van der Waals surface area contributed by atoms with E-state index in [4.69, 9.17) is 4.74 Å². The zero-order valence-corrected chi connectivity index (χ0v) is 16.1. The fourth-order valence-electron chi connectivity index (χ4n) is 2.15. The lowest BCUT2D eigenvalue weighted by Gasteiger charge is -2.12. The van der Waals surface area contributed by atoms with E-state index >= 15 is 0 Å². The van der Waals surface area contributed by atoms with Crippen molar-refractivity contribution in [3.63, 3.8) is 0 Å². The van der Waals surface area contributed by atoms with Gasteiger partial charge in [-0.3, -0.25) is 0 Å². The van der Waals surface area contributed by atoms with E-state index in [9.17, 15) is 0 Å². The van der Waals surface area contributed by atoms with Crippen LogP contribution in [0.25, 0.3) is 0 Å². The highest BCUT2D eigenvalue weighted by molar-refractivity contribution is 14.0. The molecule has 0 heterocycles. The molecule has 1 aliphatic carbocycles. The Labute approximate surface area is 151 Å². The number of halogens is 1. The Morgan fingerprint density at radius 1 is 1.27 bits per heavy atom. The summed E-state index contributed by atoms with van der Waals surface area (Å²) in [6.07, 6.45) is 2.69. The van der Waals surface area contributed by atoms with Crippen LogP contribution in [0.4, 0.5) is 0 Å². The van der Waals surface area contributed by atoms with Gasteiger partial charge in [0.25, 0.3) is 0 Å². The van der Waals surface area contributed by atoms with Crippen molar-refractivity contribution in [3.05, 3.63) is 29.3 Å². The molecule has 0 aromatic heterocycles. The van der Waals surface area contributed by atoms with Crippen LogP contribution < -0.4 is 15.4 Å². The Morgan fingerprint density at radius 3 is 2.68 bits per heavy atom. The second-order valence-corrected chi connectivity index (χ2v) is 5.56. The molecule has 1 fully saturated rings. The van der Waals surface area contributed by atoms with Crippen LogP contribution in [0.3, 0.4) is 0 Å². The maximum Gasteiger partial charge on any atom is 0.191 e. The van der Waals surface area contributed by atoms with Gasteiger partial charge in [0.2, 0.25) is 0 Å². The highest BCUT2D eigenvalue weighted by Gasteiger charge is 2.21. The third-order valence-corrected chi connectivity index (χ3v) is 3.53. The Hall–Kier alpha value is -0.980. The van der Waals surface area contributed by atoms with Gasteiger partial charge in [-0.2, -0.15) is 0 Å². The third-order valence-electron chi connectivity index (χ3n) is 3.53. The van der Waals surface area contributed by atoms with Crippen LogP contribution in [0.5, 0.6) is 5.75 Å². The van der Waals surface area contributed by atoms with Crippen LogP contribution >= 0.6 is 24.0 Å². The first-order valence-corrected chi connectivity index (χ1v) is 7.97. The molecule has 124 valence electrons. The molecule has 0 bridgehead atoms. The molecule has 22 heavy (non-hydrogen) atoms. The van der Waals surface area contributed by atoms with Crippen LogP contribution in [0.15, 0.2) is 23.2 Å². The van der Waals surface area contributed by atoms with E-state index in [0.29, 0.717) is 13.2 Å². The predicted octanol–water partition coefficient (Wildman–Crippen LogP) is 3.48. The maximum atomic E-state index is 5.71. The molecule has 2 rings (SSSR count). The Kier molecular flexibility index (Phi) is 8.60. The number of benzene rings is 1. The largest absolute Gasteiger partial charge is 0.494 e. The van der Waals surface area contributed by atoms with Gasteiger partial charge in [0.1, 0.15) is 5.75 Å².